The van der Waals surface area contributed by atoms with Crippen LogP contribution in [0.5, 0.6) is 5.75 Å². The van der Waals surface area contributed by atoms with Crippen molar-refractivity contribution in [3.8, 4) is 5.75 Å². The van der Waals surface area contributed by atoms with Crippen molar-refractivity contribution >= 4 is 40.5 Å². The number of amides is 1. The summed E-state index contributed by atoms with van der Waals surface area (Å²) in [7, 11) is 1.36. The molecule has 0 bridgehead atoms. The number of ether oxygens (including phenoxy) is 2. The SMILES string of the molecule is COC(=O)c1cccc(NC(=S)CCC2Cc3cc(OCc4ccccc4)ccc3N2C(=O)c2ccc(Cc3ccccc3)cc2)c1. The van der Waals surface area contributed by atoms with Gasteiger partial charge in [-0.1, -0.05) is 91.1 Å². The molecule has 1 N–H and O–H groups in total. The molecule has 236 valence electrons. The van der Waals surface area contributed by atoms with Crippen LogP contribution in [-0.2, 0) is 24.2 Å². The molecule has 0 saturated heterocycles. The lowest BCUT2D eigenvalue weighted by molar-refractivity contribution is 0.0600. The molecule has 5 aromatic carbocycles. The van der Waals surface area contributed by atoms with Crippen LogP contribution in [0.15, 0.2) is 127 Å². The summed E-state index contributed by atoms with van der Waals surface area (Å²) in [6, 6.07) is 41.2. The molecule has 1 amide bonds. The van der Waals surface area contributed by atoms with Crippen molar-refractivity contribution in [2.24, 2.45) is 0 Å². The monoisotopic (exact) mass is 640 g/mol. The first kappa shape index (κ1) is 31.7. The molecule has 0 fully saturated rings. The van der Waals surface area contributed by atoms with Gasteiger partial charge >= 0.3 is 5.97 Å². The van der Waals surface area contributed by atoms with E-state index < -0.39 is 5.97 Å². The second-order valence-electron chi connectivity index (χ2n) is 11.6. The summed E-state index contributed by atoms with van der Waals surface area (Å²) in [6.45, 7) is 0.470. The van der Waals surface area contributed by atoms with E-state index in [0.29, 0.717) is 42.0 Å². The fourth-order valence-corrected chi connectivity index (χ4v) is 6.17. The normalized spacial score (nSPS) is 13.5. The Bertz CT molecular complexity index is 1860. The van der Waals surface area contributed by atoms with Crippen molar-refractivity contribution in [1.82, 2.24) is 0 Å². The maximum absolute atomic E-state index is 14.2. The molecule has 0 radical (unpaired) electrons. The van der Waals surface area contributed by atoms with E-state index in [1.165, 1.54) is 12.7 Å². The highest BCUT2D eigenvalue weighted by molar-refractivity contribution is 7.80. The fourth-order valence-electron chi connectivity index (χ4n) is 5.94. The second kappa shape index (κ2) is 14.9. The zero-order valence-electron chi connectivity index (χ0n) is 26.2. The van der Waals surface area contributed by atoms with Crippen molar-refractivity contribution in [1.29, 1.82) is 0 Å². The molecule has 7 heteroatoms. The Labute approximate surface area is 281 Å². The topological polar surface area (TPSA) is 67.9 Å². The highest BCUT2D eigenvalue weighted by Crippen LogP contribution is 2.38. The van der Waals surface area contributed by atoms with E-state index in [9.17, 15) is 9.59 Å². The van der Waals surface area contributed by atoms with E-state index in [0.717, 1.165) is 40.2 Å². The fraction of sp³-hybridized carbons (Fsp3) is 0.175. The van der Waals surface area contributed by atoms with E-state index in [1.54, 1.807) is 18.2 Å². The minimum atomic E-state index is -0.405. The number of carbonyl (C=O) groups excluding carboxylic acids is 2. The lowest BCUT2D eigenvalue weighted by Gasteiger charge is -2.26. The number of fused-ring (bicyclic) bond motifs is 1. The molecule has 1 unspecified atom stereocenters. The third-order valence-electron chi connectivity index (χ3n) is 8.32. The summed E-state index contributed by atoms with van der Waals surface area (Å²) in [6.07, 6.45) is 2.72. The van der Waals surface area contributed by atoms with Crippen LogP contribution in [-0.4, -0.2) is 30.0 Å². The number of esters is 1. The number of carbonyl (C=O) groups is 2. The molecule has 0 aromatic heterocycles. The lowest BCUT2D eigenvalue weighted by Crippen LogP contribution is -2.38. The number of nitrogens with zero attached hydrogens (tertiary/aromatic N) is 1. The molecular weight excluding hydrogens is 605 g/mol. The molecule has 1 aliphatic heterocycles. The summed E-state index contributed by atoms with van der Waals surface area (Å²) in [4.78, 5) is 28.7. The van der Waals surface area contributed by atoms with Gasteiger partial charge in [0.15, 0.2) is 0 Å². The van der Waals surface area contributed by atoms with Crippen LogP contribution in [0.1, 0.15) is 55.8 Å². The Morgan fingerprint density at radius 2 is 1.49 bits per heavy atom. The largest absolute Gasteiger partial charge is 0.489 e. The van der Waals surface area contributed by atoms with Gasteiger partial charge in [-0.2, -0.15) is 0 Å². The maximum atomic E-state index is 14.2. The number of rotatable bonds is 11. The Morgan fingerprint density at radius 3 is 2.21 bits per heavy atom. The zero-order chi connectivity index (χ0) is 32.6. The predicted octanol–water partition coefficient (Wildman–Crippen LogP) is 8.43. The van der Waals surface area contributed by atoms with E-state index >= 15 is 0 Å². The first-order valence-electron chi connectivity index (χ1n) is 15.7. The Balaban J connectivity index is 1.19. The van der Waals surface area contributed by atoms with E-state index in [-0.39, 0.29) is 11.9 Å². The average molecular weight is 641 g/mol. The standard InChI is InChI=1S/C40H36N2O4S/c1-45-40(44)32-13-8-14-34(24-32)41-38(47)22-19-35-25-33-26-36(46-27-30-11-6-3-7-12-30)20-21-37(33)42(35)39(43)31-17-15-29(16-18-31)23-28-9-4-2-5-10-28/h2-18,20-21,24,26,35H,19,22-23,25,27H2,1H3,(H,41,47). The number of nitrogens with one attached hydrogen (secondary N) is 1. The first-order valence-corrected chi connectivity index (χ1v) is 16.1. The number of methoxy groups -OCH3 is 1. The van der Waals surface area contributed by atoms with Gasteiger partial charge in [0.1, 0.15) is 12.4 Å². The Kier molecular flexibility index (Phi) is 10.0. The quantitative estimate of drug-likeness (QED) is 0.115. The maximum Gasteiger partial charge on any atom is 0.337 e. The minimum absolute atomic E-state index is 0.0392. The summed E-state index contributed by atoms with van der Waals surface area (Å²) in [5.74, 6) is 0.328. The molecule has 1 aliphatic rings. The smallest absolute Gasteiger partial charge is 0.337 e. The summed E-state index contributed by atoms with van der Waals surface area (Å²) in [5, 5.41) is 3.25. The van der Waals surface area contributed by atoms with Crippen LogP contribution >= 0.6 is 12.2 Å². The van der Waals surface area contributed by atoms with Gasteiger partial charge in [0, 0.05) is 29.4 Å². The highest BCUT2D eigenvalue weighted by Gasteiger charge is 2.34. The van der Waals surface area contributed by atoms with E-state index in [1.807, 2.05) is 95.9 Å². The average Bonchev–Trinajstić information content (AvgIpc) is 3.48. The molecule has 0 spiro atoms. The van der Waals surface area contributed by atoms with Crippen LogP contribution < -0.4 is 15.0 Å². The molecular formula is C40H36N2O4S. The Hall–Kier alpha value is -5.27. The van der Waals surface area contributed by atoms with Crippen LogP contribution in [0.3, 0.4) is 0 Å². The lowest BCUT2D eigenvalue weighted by atomic mass is 10.0. The van der Waals surface area contributed by atoms with Gasteiger partial charge < -0.3 is 19.7 Å². The second-order valence-corrected chi connectivity index (χ2v) is 12.1. The van der Waals surface area contributed by atoms with Crippen molar-refractivity contribution < 1.29 is 19.1 Å². The minimum Gasteiger partial charge on any atom is -0.489 e. The molecule has 5 aromatic rings. The van der Waals surface area contributed by atoms with E-state index in [2.05, 4.69) is 23.5 Å². The number of hydrogen-bond donors (Lipinski definition) is 1. The van der Waals surface area contributed by atoms with Crippen LogP contribution in [0.25, 0.3) is 0 Å². The van der Waals surface area contributed by atoms with Crippen molar-refractivity contribution in [2.75, 3.05) is 17.3 Å². The van der Waals surface area contributed by atoms with Gasteiger partial charge in [0.25, 0.3) is 5.91 Å². The summed E-state index contributed by atoms with van der Waals surface area (Å²) < 4.78 is 11.0. The van der Waals surface area contributed by atoms with Crippen molar-refractivity contribution in [3.63, 3.8) is 0 Å². The van der Waals surface area contributed by atoms with Gasteiger partial charge in [0.2, 0.25) is 0 Å². The Morgan fingerprint density at radius 1 is 0.787 bits per heavy atom. The van der Waals surface area contributed by atoms with Crippen LogP contribution in [0.2, 0.25) is 0 Å². The van der Waals surface area contributed by atoms with Crippen LogP contribution in [0.4, 0.5) is 11.4 Å². The highest BCUT2D eigenvalue weighted by atomic mass is 32.1. The predicted molar refractivity (Wildman–Crippen MR) is 190 cm³/mol. The summed E-state index contributed by atoms with van der Waals surface area (Å²) in [5.41, 5.74) is 7.25. The molecule has 1 atom stereocenters. The third kappa shape index (κ3) is 7.94. The first-order chi connectivity index (χ1) is 23.0. The van der Waals surface area contributed by atoms with E-state index in [4.69, 9.17) is 21.7 Å². The molecule has 1 heterocycles. The zero-order valence-corrected chi connectivity index (χ0v) is 27.0. The number of benzene rings is 5. The van der Waals surface area contributed by atoms with Gasteiger partial charge in [-0.15, -0.1) is 0 Å². The van der Waals surface area contributed by atoms with Crippen molar-refractivity contribution in [3.05, 3.63) is 161 Å². The van der Waals surface area contributed by atoms with Gasteiger partial charge in [-0.3, -0.25) is 4.79 Å². The van der Waals surface area contributed by atoms with Crippen LogP contribution in [0, 0.1) is 0 Å². The molecule has 0 aliphatic carbocycles. The number of thiocarbonyl (C=S) groups is 1. The molecule has 0 saturated carbocycles. The van der Waals surface area contributed by atoms with Gasteiger partial charge in [-0.25, -0.2) is 4.79 Å². The third-order valence-corrected chi connectivity index (χ3v) is 8.63. The van der Waals surface area contributed by atoms with Crippen molar-refractivity contribution in [2.45, 2.75) is 38.3 Å². The molecule has 6 rings (SSSR count). The number of hydrogen-bond acceptors (Lipinski definition) is 5. The molecule has 6 nitrogen and oxygen atoms in total. The van der Waals surface area contributed by atoms with Gasteiger partial charge in [-0.05, 0) is 90.0 Å². The number of anilines is 2. The molecule has 47 heavy (non-hydrogen) atoms. The van der Waals surface area contributed by atoms with Gasteiger partial charge in [0.05, 0.1) is 17.7 Å². The summed E-state index contributed by atoms with van der Waals surface area (Å²) >= 11 is 5.71.